The van der Waals surface area contributed by atoms with Crippen molar-refractivity contribution in [2.45, 2.75) is 47.3 Å². The Kier molecular flexibility index (Phi) is 5.10. The van der Waals surface area contributed by atoms with Crippen molar-refractivity contribution in [3.8, 4) is 0 Å². The number of aromatic nitrogens is 2. The highest BCUT2D eigenvalue weighted by Gasteiger charge is 2.35. The lowest BCUT2D eigenvalue weighted by atomic mass is 9.85. The van der Waals surface area contributed by atoms with Crippen molar-refractivity contribution in [1.82, 2.24) is 9.78 Å². The van der Waals surface area contributed by atoms with Crippen LogP contribution < -0.4 is 0 Å². The fourth-order valence-corrected chi connectivity index (χ4v) is 2.35. The smallest absolute Gasteiger partial charge is 0.211 e. The molecule has 0 saturated carbocycles. The third-order valence-electron chi connectivity index (χ3n) is 2.69. The predicted molar refractivity (Wildman–Crippen MR) is 74.8 cm³/mol. The number of carbonyl (C=O) groups is 1. The van der Waals surface area contributed by atoms with Crippen LogP contribution in [0, 0.1) is 5.41 Å². The number of ketones is 1. The van der Waals surface area contributed by atoms with Crippen molar-refractivity contribution in [2.75, 3.05) is 6.61 Å². The summed E-state index contributed by atoms with van der Waals surface area (Å²) in [5.41, 5.74) is 0.348. The Morgan fingerprint density at radius 3 is 2.56 bits per heavy atom. The van der Waals surface area contributed by atoms with Crippen LogP contribution in [-0.2, 0) is 11.3 Å². The maximum Gasteiger partial charge on any atom is 0.211 e. The summed E-state index contributed by atoms with van der Waals surface area (Å²) in [6.07, 6.45) is 1.20. The lowest BCUT2D eigenvalue weighted by molar-refractivity contribution is -0.000979. The van der Waals surface area contributed by atoms with Crippen molar-refractivity contribution >= 4 is 21.7 Å². The zero-order chi connectivity index (χ0) is 13.9. The average molecular weight is 317 g/mol. The number of nitrogens with zero attached hydrogens (tertiary/aromatic N) is 2. The van der Waals surface area contributed by atoms with Crippen molar-refractivity contribution in [3.05, 3.63) is 16.4 Å². The quantitative estimate of drug-likeness (QED) is 0.783. The molecule has 0 aliphatic carbocycles. The topological polar surface area (TPSA) is 44.1 Å². The molecule has 5 heteroatoms. The number of Topliss-reactive ketones (excluding diaryl/α,β-unsaturated/α-hetero) is 1. The molecular weight excluding hydrogens is 296 g/mol. The van der Waals surface area contributed by atoms with Gasteiger partial charge in [-0.15, -0.1) is 0 Å². The minimum absolute atomic E-state index is 0.0180. The number of halogens is 1. The van der Waals surface area contributed by atoms with Gasteiger partial charge < -0.3 is 4.74 Å². The average Bonchev–Trinajstić information content (AvgIpc) is 2.64. The van der Waals surface area contributed by atoms with E-state index in [0.29, 0.717) is 18.8 Å². The van der Waals surface area contributed by atoms with Gasteiger partial charge in [0.05, 0.1) is 10.7 Å². The minimum Gasteiger partial charge on any atom is -0.370 e. The van der Waals surface area contributed by atoms with Crippen molar-refractivity contribution in [1.29, 1.82) is 0 Å². The molecule has 4 nitrogen and oxygen atoms in total. The first-order valence-electron chi connectivity index (χ1n) is 6.20. The molecule has 1 rings (SSSR count). The number of ether oxygens (including phenoxy) is 1. The molecule has 0 fully saturated rings. The van der Waals surface area contributed by atoms with Gasteiger partial charge in [0, 0.05) is 13.2 Å². The van der Waals surface area contributed by atoms with Crippen LogP contribution in [0.3, 0.4) is 0 Å². The van der Waals surface area contributed by atoms with Crippen LogP contribution in [0.1, 0.15) is 45.1 Å². The Morgan fingerprint density at radius 1 is 1.50 bits per heavy atom. The Morgan fingerprint density at radius 2 is 2.11 bits per heavy atom. The van der Waals surface area contributed by atoms with Gasteiger partial charge in [0.2, 0.25) is 5.78 Å². The fraction of sp³-hybridized carbons (Fsp3) is 0.692. The first-order valence-corrected chi connectivity index (χ1v) is 6.99. The molecule has 0 radical (unpaired) electrons. The summed E-state index contributed by atoms with van der Waals surface area (Å²) < 4.78 is 8.06. The first kappa shape index (κ1) is 15.4. The lowest BCUT2D eigenvalue weighted by Gasteiger charge is -2.29. The molecule has 1 aromatic heterocycles. The second kappa shape index (κ2) is 5.97. The van der Waals surface area contributed by atoms with E-state index in [2.05, 4.69) is 21.0 Å². The highest BCUT2D eigenvalue weighted by atomic mass is 79.9. The van der Waals surface area contributed by atoms with E-state index < -0.39 is 6.10 Å². The monoisotopic (exact) mass is 316 g/mol. The zero-order valence-corrected chi connectivity index (χ0v) is 13.2. The summed E-state index contributed by atoms with van der Waals surface area (Å²) in [5.74, 6) is -0.0180. The predicted octanol–water partition coefficient (Wildman–Crippen LogP) is 3.30. The van der Waals surface area contributed by atoms with E-state index in [1.165, 1.54) is 0 Å². The van der Waals surface area contributed by atoms with Crippen LogP contribution in [0.4, 0.5) is 0 Å². The normalized spacial score (nSPS) is 13.7. The van der Waals surface area contributed by atoms with Gasteiger partial charge in [-0.05, 0) is 35.2 Å². The summed E-state index contributed by atoms with van der Waals surface area (Å²) in [7, 11) is 0. The summed E-state index contributed by atoms with van der Waals surface area (Å²) >= 11 is 3.38. The van der Waals surface area contributed by atoms with E-state index in [1.807, 2.05) is 34.6 Å². The molecule has 0 saturated heterocycles. The maximum absolute atomic E-state index is 12.6. The summed E-state index contributed by atoms with van der Waals surface area (Å²) in [6.45, 7) is 11.1. The Balaban J connectivity index is 3.13. The SMILES string of the molecule is CCOC(C(=O)c1c(Br)cnn1CC)C(C)(C)C. The van der Waals surface area contributed by atoms with Crippen LogP contribution in [0.2, 0.25) is 0 Å². The second-order valence-electron chi connectivity index (χ2n) is 5.22. The van der Waals surface area contributed by atoms with Crippen LogP contribution in [0.5, 0.6) is 0 Å². The number of hydrogen-bond acceptors (Lipinski definition) is 3. The van der Waals surface area contributed by atoms with Crippen LogP contribution in [0.15, 0.2) is 10.7 Å². The van der Waals surface area contributed by atoms with Crippen LogP contribution in [0.25, 0.3) is 0 Å². The Labute approximate surface area is 117 Å². The van der Waals surface area contributed by atoms with Crippen LogP contribution >= 0.6 is 15.9 Å². The number of carbonyl (C=O) groups excluding carboxylic acids is 1. The van der Waals surface area contributed by atoms with Gasteiger partial charge in [0.1, 0.15) is 11.8 Å². The largest absolute Gasteiger partial charge is 0.370 e. The summed E-state index contributed by atoms with van der Waals surface area (Å²) in [5, 5.41) is 4.17. The van der Waals surface area contributed by atoms with E-state index in [-0.39, 0.29) is 11.2 Å². The fourth-order valence-electron chi connectivity index (χ4n) is 1.86. The summed E-state index contributed by atoms with van der Waals surface area (Å²) in [6, 6.07) is 0. The van der Waals surface area contributed by atoms with Crippen molar-refractivity contribution in [3.63, 3.8) is 0 Å². The third kappa shape index (κ3) is 3.20. The molecule has 0 aliphatic heterocycles. The second-order valence-corrected chi connectivity index (χ2v) is 6.08. The molecule has 1 unspecified atom stereocenters. The van der Waals surface area contributed by atoms with Gasteiger partial charge in [-0.2, -0.15) is 5.10 Å². The molecule has 0 N–H and O–H groups in total. The minimum atomic E-state index is -0.458. The maximum atomic E-state index is 12.6. The van der Waals surface area contributed by atoms with E-state index in [9.17, 15) is 4.79 Å². The molecule has 0 aliphatic rings. The highest BCUT2D eigenvalue weighted by molar-refractivity contribution is 9.10. The first-order chi connectivity index (χ1) is 8.32. The van der Waals surface area contributed by atoms with Gasteiger partial charge >= 0.3 is 0 Å². The van der Waals surface area contributed by atoms with E-state index in [4.69, 9.17) is 4.74 Å². The van der Waals surface area contributed by atoms with E-state index >= 15 is 0 Å². The molecule has 18 heavy (non-hydrogen) atoms. The van der Waals surface area contributed by atoms with E-state index in [0.717, 1.165) is 4.47 Å². The van der Waals surface area contributed by atoms with E-state index in [1.54, 1.807) is 10.9 Å². The molecular formula is C13H21BrN2O2. The lowest BCUT2D eigenvalue weighted by Crippen LogP contribution is -2.38. The Hall–Kier alpha value is -0.680. The molecule has 1 heterocycles. The Bertz CT molecular complexity index is 421. The highest BCUT2D eigenvalue weighted by Crippen LogP contribution is 2.28. The zero-order valence-electron chi connectivity index (χ0n) is 11.7. The standard InChI is InChI=1S/C13H21BrN2O2/c1-6-16-10(9(14)8-15-16)11(17)12(18-7-2)13(3,4)5/h8,12H,6-7H2,1-5H3. The van der Waals surface area contributed by atoms with Crippen molar-refractivity contribution in [2.24, 2.45) is 5.41 Å². The number of hydrogen-bond donors (Lipinski definition) is 0. The molecule has 0 aromatic carbocycles. The number of aryl methyl sites for hydroxylation is 1. The molecule has 1 atom stereocenters. The third-order valence-corrected chi connectivity index (χ3v) is 3.27. The molecule has 102 valence electrons. The van der Waals surface area contributed by atoms with Crippen LogP contribution in [-0.4, -0.2) is 28.3 Å². The molecule has 1 aromatic rings. The van der Waals surface area contributed by atoms with Gasteiger partial charge in [-0.25, -0.2) is 0 Å². The van der Waals surface area contributed by atoms with Crippen molar-refractivity contribution < 1.29 is 9.53 Å². The van der Waals surface area contributed by atoms with Gasteiger partial charge in [-0.1, -0.05) is 20.8 Å². The molecule has 0 bridgehead atoms. The molecule has 0 amide bonds. The van der Waals surface area contributed by atoms with Gasteiger partial charge in [-0.3, -0.25) is 9.48 Å². The van der Waals surface area contributed by atoms with Gasteiger partial charge in [0.15, 0.2) is 0 Å². The number of rotatable bonds is 5. The van der Waals surface area contributed by atoms with Gasteiger partial charge in [0.25, 0.3) is 0 Å². The molecule has 0 spiro atoms. The summed E-state index contributed by atoms with van der Waals surface area (Å²) in [4.78, 5) is 12.6.